The molecule has 0 amide bonds. The number of nitrogens with one attached hydrogen (secondary N) is 2. The van der Waals surface area contributed by atoms with Gasteiger partial charge >= 0.3 is 0 Å². The quantitative estimate of drug-likeness (QED) is 0.445. The molecule has 164 valence electrons. The third kappa shape index (κ3) is 7.85. The van der Waals surface area contributed by atoms with Gasteiger partial charge in [0.05, 0.1) is 12.4 Å². The molecule has 1 aromatic carbocycles. The van der Waals surface area contributed by atoms with E-state index < -0.39 is 10.0 Å². The minimum Gasteiger partial charge on any atom is -0.494 e. The van der Waals surface area contributed by atoms with E-state index in [4.69, 9.17) is 4.74 Å². The van der Waals surface area contributed by atoms with Crippen molar-refractivity contribution < 1.29 is 13.2 Å². The van der Waals surface area contributed by atoms with E-state index >= 15 is 0 Å². The average Bonchev–Trinajstić information content (AvgIpc) is 2.72. The molecule has 1 aliphatic rings. The first-order valence-electron chi connectivity index (χ1n) is 10.6. The molecule has 29 heavy (non-hydrogen) atoms. The zero-order chi connectivity index (χ0) is 21.1. The molecule has 0 bridgehead atoms. The van der Waals surface area contributed by atoms with Crippen LogP contribution in [0.2, 0.25) is 0 Å². The highest BCUT2D eigenvalue weighted by Crippen LogP contribution is 2.15. The van der Waals surface area contributed by atoms with Crippen LogP contribution in [0.15, 0.2) is 29.3 Å². The number of aliphatic imine (C=N–C) groups is 1. The Morgan fingerprint density at radius 3 is 2.66 bits per heavy atom. The Morgan fingerprint density at radius 2 is 2.00 bits per heavy atom. The summed E-state index contributed by atoms with van der Waals surface area (Å²) in [5, 5.41) is 6.78. The molecule has 0 aliphatic carbocycles. The average molecular weight is 425 g/mol. The third-order valence-corrected chi connectivity index (χ3v) is 7.03. The van der Waals surface area contributed by atoms with Crippen LogP contribution in [0.5, 0.6) is 5.75 Å². The Morgan fingerprint density at radius 1 is 1.24 bits per heavy atom. The number of piperidine rings is 1. The Hall–Kier alpha value is -1.80. The highest BCUT2D eigenvalue weighted by Gasteiger charge is 2.27. The van der Waals surface area contributed by atoms with Crippen molar-refractivity contribution in [1.82, 2.24) is 14.9 Å². The molecule has 2 N–H and O–H groups in total. The van der Waals surface area contributed by atoms with E-state index in [0.717, 1.165) is 50.5 Å². The Bertz CT molecular complexity index is 744. The van der Waals surface area contributed by atoms with E-state index in [-0.39, 0.29) is 11.8 Å². The van der Waals surface area contributed by atoms with Crippen molar-refractivity contribution in [2.24, 2.45) is 4.99 Å². The lowest BCUT2D eigenvalue weighted by molar-refractivity contribution is 0.306. The normalized spacial score (nSPS) is 16.6. The van der Waals surface area contributed by atoms with Gasteiger partial charge in [0.2, 0.25) is 10.0 Å². The van der Waals surface area contributed by atoms with Gasteiger partial charge in [-0.3, -0.25) is 4.99 Å². The molecule has 1 heterocycles. The van der Waals surface area contributed by atoms with E-state index in [0.29, 0.717) is 19.5 Å². The summed E-state index contributed by atoms with van der Waals surface area (Å²) >= 11 is 0. The summed E-state index contributed by atoms with van der Waals surface area (Å²) in [6.07, 6.45) is 4.11. The van der Waals surface area contributed by atoms with Crippen molar-refractivity contribution in [2.45, 2.75) is 52.0 Å². The van der Waals surface area contributed by atoms with E-state index in [9.17, 15) is 8.42 Å². The maximum atomic E-state index is 12.2. The second kappa shape index (κ2) is 12.0. The predicted molar refractivity (Wildman–Crippen MR) is 119 cm³/mol. The van der Waals surface area contributed by atoms with Crippen molar-refractivity contribution in [1.29, 1.82) is 0 Å². The van der Waals surface area contributed by atoms with Gasteiger partial charge in [-0.05, 0) is 49.8 Å². The predicted octanol–water partition coefficient (Wildman–Crippen LogP) is 2.39. The van der Waals surface area contributed by atoms with E-state index in [1.807, 2.05) is 19.1 Å². The standard InChI is InChI=1S/C21H36N4O3S/c1-4-15-28-20-8-6-7-18(17-20)9-12-23-21(22-3)24-19-10-13-25(14-11-19)29(26,27)16-5-2/h6-8,17,19H,4-5,9-16H2,1-3H3,(H2,22,23,24). The van der Waals surface area contributed by atoms with Gasteiger partial charge in [0.15, 0.2) is 5.96 Å². The zero-order valence-corrected chi connectivity index (χ0v) is 18.8. The molecule has 0 unspecified atom stereocenters. The number of benzene rings is 1. The molecule has 1 fully saturated rings. The van der Waals surface area contributed by atoms with Crippen LogP contribution in [0, 0.1) is 0 Å². The van der Waals surface area contributed by atoms with Crippen molar-refractivity contribution in [3.05, 3.63) is 29.8 Å². The SMILES string of the molecule is CCCOc1cccc(CCNC(=NC)NC2CCN(S(=O)(=O)CCC)CC2)c1. The second-order valence-electron chi connectivity index (χ2n) is 7.38. The van der Waals surface area contributed by atoms with Gasteiger partial charge in [0.25, 0.3) is 0 Å². The lowest BCUT2D eigenvalue weighted by Gasteiger charge is -2.32. The van der Waals surface area contributed by atoms with Crippen LogP contribution < -0.4 is 15.4 Å². The Kier molecular flexibility index (Phi) is 9.73. The van der Waals surface area contributed by atoms with Crippen LogP contribution >= 0.6 is 0 Å². The van der Waals surface area contributed by atoms with E-state index in [2.05, 4.69) is 34.7 Å². The smallest absolute Gasteiger partial charge is 0.214 e. The minimum atomic E-state index is -3.10. The van der Waals surface area contributed by atoms with E-state index in [1.165, 1.54) is 5.56 Å². The molecule has 1 aromatic rings. The first-order chi connectivity index (χ1) is 14.0. The van der Waals surface area contributed by atoms with Gasteiger partial charge in [0, 0.05) is 32.7 Å². The van der Waals surface area contributed by atoms with Crippen LogP contribution in [-0.2, 0) is 16.4 Å². The largest absolute Gasteiger partial charge is 0.494 e. The summed E-state index contributed by atoms with van der Waals surface area (Å²) in [4.78, 5) is 4.31. The molecule has 0 radical (unpaired) electrons. The monoisotopic (exact) mass is 424 g/mol. The Balaban J connectivity index is 1.75. The molecule has 0 atom stereocenters. The maximum absolute atomic E-state index is 12.2. The highest BCUT2D eigenvalue weighted by molar-refractivity contribution is 7.89. The minimum absolute atomic E-state index is 0.235. The number of rotatable bonds is 10. The fraction of sp³-hybridized carbons (Fsp3) is 0.667. The molecular formula is C21H36N4O3S. The first kappa shape index (κ1) is 23.5. The van der Waals surface area contributed by atoms with Crippen LogP contribution in [0.3, 0.4) is 0 Å². The van der Waals surface area contributed by atoms with Crippen molar-refractivity contribution in [3.63, 3.8) is 0 Å². The molecule has 1 saturated heterocycles. The summed E-state index contributed by atoms with van der Waals surface area (Å²) in [6.45, 7) is 6.64. The van der Waals surface area contributed by atoms with Crippen molar-refractivity contribution >= 4 is 16.0 Å². The number of ether oxygens (including phenoxy) is 1. The second-order valence-corrected chi connectivity index (χ2v) is 9.47. The summed E-state index contributed by atoms with van der Waals surface area (Å²) in [7, 11) is -1.34. The number of nitrogens with zero attached hydrogens (tertiary/aromatic N) is 2. The fourth-order valence-electron chi connectivity index (χ4n) is 3.39. The van der Waals surface area contributed by atoms with Gasteiger partial charge in [-0.25, -0.2) is 12.7 Å². The van der Waals surface area contributed by atoms with Crippen LogP contribution in [0.25, 0.3) is 0 Å². The maximum Gasteiger partial charge on any atom is 0.214 e. The zero-order valence-electron chi connectivity index (χ0n) is 18.0. The Labute approximate surface area is 176 Å². The van der Waals surface area contributed by atoms with Crippen LogP contribution in [0.1, 0.15) is 45.1 Å². The highest BCUT2D eigenvalue weighted by atomic mass is 32.2. The molecule has 2 rings (SSSR count). The number of hydrogen-bond acceptors (Lipinski definition) is 4. The molecule has 1 aliphatic heterocycles. The summed E-state index contributed by atoms with van der Waals surface area (Å²) < 4.78 is 31.7. The van der Waals surface area contributed by atoms with Crippen LogP contribution in [-0.4, -0.2) is 63.8 Å². The van der Waals surface area contributed by atoms with Gasteiger partial charge in [0.1, 0.15) is 5.75 Å². The summed E-state index contributed by atoms with van der Waals surface area (Å²) in [5.74, 6) is 1.91. The molecule has 0 spiro atoms. The molecule has 8 heteroatoms. The van der Waals surface area contributed by atoms with E-state index in [1.54, 1.807) is 11.4 Å². The lowest BCUT2D eigenvalue weighted by Crippen LogP contribution is -2.50. The summed E-state index contributed by atoms with van der Waals surface area (Å²) in [6, 6.07) is 8.43. The number of hydrogen-bond donors (Lipinski definition) is 2. The number of guanidine groups is 1. The van der Waals surface area contributed by atoms with Gasteiger partial charge in [-0.15, -0.1) is 0 Å². The van der Waals surface area contributed by atoms with Gasteiger partial charge < -0.3 is 15.4 Å². The van der Waals surface area contributed by atoms with Gasteiger partial charge in [-0.1, -0.05) is 26.0 Å². The van der Waals surface area contributed by atoms with Gasteiger partial charge in [-0.2, -0.15) is 0 Å². The van der Waals surface area contributed by atoms with Crippen LogP contribution in [0.4, 0.5) is 0 Å². The summed E-state index contributed by atoms with van der Waals surface area (Å²) in [5.41, 5.74) is 1.22. The molecular weight excluding hydrogens is 388 g/mol. The topological polar surface area (TPSA) is 83.0 Å². The van der Waals surface area contributed by atoms with Crippen molar-refractivity contribution in [3.8, 4) is 5.75 Å². The van der Waals surface area contributed by atoms with Crippen molar-refractivity contribution in [2.75, 3.05) is 39.0 Å². The fourth-order valence-corrected chi connectivity index (χ4v) is 4.93. The molecule has 0 saturated carbocycles. The molecule has 0 aromatic heterocycles. The number of sulfonamides is 1. The molecule has 7 nitrogen and oxygen atoms in total. The lowest BCUT2D eigenvalue weighted by atomic mass is 10.1. The third-order valence-electron chi connectivity index (χ3n) is 4.95. The first-order valence-corrected chi connectivity index (χ1v) is 12.3.